The van der Waals surface area contributed by atoms with Gasteiger partial charge in [-0.1, -0.05) is 0 Å². The molecule has 1 heterocycles. The Bertz CT molecular complexity index is 470. The molecule has 0 radical (unpaired) electrons. The molecule has 0 spiro atoms. The molecular formula is C7H8N2O5S. The molecule has 0 saturated carbocycles. The Morgan fingerprint density at radius 3 is 2.60 bits per heavy atom. The number of carbonyl (C=O) groups is 1. The van der Waals surface area contributed by atoms with Gasteiger partial charge in [-0.05, 0) is 0 Å². The predicted molar refractivity (Wildman–Crippen MR) is 49.1 cm³/mol. The molecule has 1 N–H and O–H groups in total. The molecule has 0 aliphatic rings. The van der Waals surface area contributed by atoms with Crippen LogP contribution >= 0.6 is 0 Å². The summed E-state index contributed by atoms with van der Waals surface area (Å²) >= 11 is 0. The van der Waals surface area contributed by atoms with E-state index in [1.807, 2.05) is 0 Å². The summed E-state index contributed by atoms with van der Waals surface area (Å²) in [4.78, 5) is 18.3. The Morgan fingerprint density at radius 2 is 2.07 bits per heavy atom. The van der Waals surface area contributed by atoms with Gasteiger partial charge in [0.2, 0.25) is 11.8 Å². The van der Waals surface area contributed by atoms with E-state index in [4.69, 9.17) is 4.55 Å². The second-order valence-corrected chi connectivity index (χ2v) is 4.01. The molecule has 0 aliphatic carbocycles. The van der Waals surface area contributed by atoms with Gasteiger partial charge in [-0.25, -0.2) is 9.97 Å². The topological polar surface area (TPSA) is 106 Å². The fourth-order valence-corrected chi connectivity index (χ4v) is 1.06. The summed E-state index contributed by atoms with van der Waals surface area (Å²) in [6.45, 7) is 1.24. The molecule has 82 valence electrons. The number of hydrogen-bond acceptors (Lipinski definition) is 6. The van der Waals surface area contributed by atoms with Crippen molar-refractivity contribution in [2.75, 3.05) is 5.94 Å². The van der Waals surface area contributed by atoms with E-state index >= 15 is 0 Å². The third-order valence-corrected chi connectivity index (χ3v) is 1.76. The molecule has 0 bridgehead atoms. The Balaban J connectivity index is 2.90. The molecule has 0 aromatic carbocycles. The Kier molecular flexibility index (Phi) is 3.32. The fourth-order valence-electron chi connectivity index (χ4n) is 0.803. The molecule has 0 aliphatic heterocycles. The highest BCUT2D eigenvalue weighted by atomic mass is 32.2. The van der Waals surface area contributed by atoms with Crippen LogP contribution in [0.2, 0.25) is 0 Å². The van der Waals surface area contributed by atoms with Gasteiger partial charge >= 0.3 is 10.1 Å². The van der Waals surface area contributed by atoms with Crippen molar-refractivity contribution >= 4 is 15.9 Å². The van der Waals surface area contributed by atoms with Gasteiger partial charge in [0.25, 0.3) is 0 Å². The monoisotopic (exact) mass is 232 g/mol. The van der Waals surface area contributed by atoms with Crippen LogP contribution in [0.15, 0.2) is 12.4 Å². The number of nitrogens with zero attached hydrogens (tertiary/aromatic N) is 2. The highest BCUT2D eigenvalue weighted by Gasteiger charge is 2.13. The zero-order valence-electron chi connectivity index (χ0n) is 7.74. The summed E-state index contributed by atoms with van der Waals surface area (Å²) < 4.78 is 33.8. The first kappa shape index (κ1) is 11.5. The lowest BCUT2D eigenvalue weighted by Gasteiger charge is -2.04. The molecule has 0 unspecified atom stereocenters. The summed E-state index contributed by atoms with van der Waals surface area (Å²) in [6.07, 6.45) is 2.52. The summed E-state index contributed by atoms with van der Waals surface area (Å²) in [6, 6.07) is 0. The number of Topliss-reactive ketones (excluding diaryl/α,β-unsaturated/α-hetero) is 1. The van der Waals surface area contributed by atoms with Crippen LogP contribution in [-0.4, -0.2) is 34.7 Å². The van der Waals surface area contributed by atoms with Crippen molar-refractivity contribution in [3.05, 3.63) is 18.1 Å². The Morgan fingerprint density at radius 1 is 1.47 bits per heavy atom. The first-order valence-electron chi connectivity index (χ1n) is 3.80. The fraction of sp³-hybridized carbons (Fsp3) is 0.286. The van der Waals surface area contributed by atoms with E-state index in [0.29, 0.717) is 0 Å². The van der Waals surface area contributed by atoms with Crippen molar-refractivity contribution in [3.8, 4) is 5.88 Å². The molecule has 0 fully saturated rings. The molecule has 8 heteroatoms. The second-order valence-electron chi connectivity index (χ2n) is 2.61. The van der Waals surface area contributed by atoms with Crippen molar-refractivity contribution in [2.45, 2.75) is 6.92 Å². The van der Waals surface area contributed by atoms with Gasteiger partial charge in [-0.15, -0.1) is 0 Å². The Labute approximate surface area is 85.9 Å². The third-order valence-electron chi connectivity index (χ3n) is 1.34. The lowest BCUT2D eigenvalue weighted by molar-refractivity contribution is 0.100. The number of ether oxygens (including phenoxy) is 1. The van der Waals surface area contributed by atoms with E-state index < -0.39 is 21.8 Å². The Hall–Kier alpha value is -1.54. The third kappa shape index (κ3) is 3.60. The number of hydrogen-bond donors (Lipinski definition) is 1. The number of ketones is 1. The van der Waals surface area contributed by atoms with Gasteiger partial charge in [0, 0.05) is 19.3 Å². The maximum Gasteiger partial charge on any atom is 0.300 e. The van der Waals surface area contributed by atoms with Gasteiger partial charge < -0.3 is 4.74 Å². The first-order valence-corrected chi connectivity index (χ1v) is 5.41. The summed E-state index contributed by atoms with van der Waals surface area (Å²) in [5.74, 6) is -1.59. The van der Waals surface area contributed by atoms with Crippen LogP contribution < -0.4 is 4.74 Å². The number of aromatic nitrogens is 2. The van der Waals surface area contributed by atoms with Crippen LogP contribution in [-0.2, 0) is 10.1 Å². The van der Waals surface area contributed by atoms with Gasteiger partial charge in [0.1, 0.15) is 0 Å². The molecule has 0 atom stereocenters. The maximum atomic E-state index is 11.0. The lowest BCUT2D eigenvalue weighted by atomic mass is 10.3. The van der Waals surface area contributed by atoms with Crippen molar-refractivity contribution in [1.29, 1.82) is 0 Å². The van der Waals surface area contributed by atoms with E-state index in [2.05, 4.69) is 14.7 Å². The van der Waals surface area contributed by atoms with Gasteiger partial charge in [-0.2, -0.15) is 8.42 Å². The zero-order chi connectivity index (χ0) is 11.5. The molecular weight excluding hydrogens is 224 g/mol. The molecule has 0 amide bonds. The van der Waals surface area contributed by atoms with Crippen molar-refractivity contribution in [2.24, 2.45) is 0 Å². The SMILES string of the molecule is CC(=O)c1nccnc1OCS(=O)(=O)O. The minimum Gasteiger partial charge on any atom is -0.457 e. The van der Waals surface area contributed by atoms with E-state index in [-0.39, 0.29) is 11.6 Å². The molecule has 15 heavy (non-hydrogen) atoms. The van der Waals surface area contributed by atoms with Crippen LogP contribution in [0.4, 0.5) is 0 Å². The smallest absolute Gasteiger partial charge is 0.300 e. The molecule has 1 rings (SSSR count). The highest BCUT2D eigenvalue weighted by molar-refractivity contribution is 7.85. The second kappa shape index (κ2) is 4.32. The summed E-state index contributed by atoms with van der Waals surface area (Å²) in [7, 11) is -4.27. The van der Waals surface area contributed by atoms with Crippen LogP contribution in [0.3, 0.4) is 0 Å². The van der Waals surface area contributed by atoms with Crippen LogP contribution in [0.1, 0.15) is 17.4 Å². The largest absolute Gasteiger partial charge is 0.457 e. The predicted octanol–water partition coefficient (Wildman–Crippen LogP) is -0.0967. The highest BCUT2D eigenvalue weighted by Crippen LogP contribution is 2.11. The standard InChI is InChI=1S/C7H8N2O5S/c1-5(10)6-7(9-3-2-8-6)14-4-15(11,12)13/h2-3H,4H2,1H3,(H,11,12,13). The minimum atomic E-state index is -4.27. The first-order chi connectivity index (χ1) is 6.90. The number of carbonyl (C=O) groups excluding carboxylic acids is 1. The minimum absolute atomic E-state index is 0.0823. The number of rotatable bonds is 4. The van der Waals surface area contributed by atoms with Gasteiger partial charge in [-0.3, -0.25) is 9.35 Å². The van der Waals surface area contributed by atoms with E-state index in [0.717, 1.165) is 0 Å². The van der Waals surface area contributed by atoms with Crippen LogP contribution in [0, 0.1) is 0 Å². The summed E-state index contributed by atoms with van der Waals surface area (Å²) in [5.41, 5.74) is -0.0823. The normalized spacial score (nSPS) is 11.1. The van der Waals surface area contributed by atoms with Crippen molar-refractivity contribution in [3.63, 3.8) is 0 Å². The summed E-state index contributed by atoms with van der Waals surface area (Å²) in [5, 5.41) is 0. The van der Waals surface area contributed by atoms with Gasteiger partial charge in [0.05, 0.1) is 0 Å². The van der Waals surface area contributed by atoms with Gasteiger partial charge in [0.15, 0.2) is 11.5 Å². The van der Waals surface area contributed by atoms with Crippen LogP contribution in [0.5, 0.6) is 5.88 Å². The average molecular weight is 232 g/mol. The average Bonchev–Trinajstić information content (AvgIpc) is 2.14. The van der Waals surface area contributed by atoms with Crippen LogP contribution in [0.25, 0.3) is 0 Å². The quantitative estimate of drug-likeness (QED) is 0.570. The lowest BCUT2D eigenvalue weighted by Crippen LogP contribution is -2.13. The molecule has 7 nitrogen and oxygen atoms in total. The molecule has 1 aromatic rings. The van der Waals surface area contributed by atoms with Crippen molar-refractivity contribution < 1.29 is 22.5 Å². The van der Waals surface area contributed by atoms with E-state index in [9.17, 15) is 13.2 Å². The molecule has 0 saturated heterocycles. The zero-order valence-corrected chi connectivity index (χ0v) is 8.56. The molecule has 1 aromatic heterocycles. The maximum absolute atomic E-state index is 11.0. The van der Waals surface area contributed by atoms with E-state index in [1.54, 1.807) is 0 Å². The van der Waals surface area contributed by atoms with Crippen molar-refractivity contribution in [1.82, 2.24) is 9.97 Å². The van der Waals surface area contributed by atoms with E-state index in [1.165, 1.54) is 19.3 Å².